The van der Waals surface area contributed by atoms with Crippen LogP contribution in [0.25, 0.3) is 17.0 Å². The van der Waals surface area contributed by atoms with Gasteiger partial charge in [-0.2, -0.15) is 9.99 Å². The average Bonchev–Trinajstić information content (AvgIpc) is 2.60. The van der Waals surface area contributed by atoms with Gasteiger partial charge in [-0.1, -0.05) is 6.58 Å². The fourth-order valence-corrected chi connectivity index (χ4v) is 1.71. The molecule has 16 heavy (non-hydrogen) atoms. The van der Waals surface area contributed by atoms with E-state index >= 15 is 0 Å². The van der Waals surface area contributed by atoms with Gasteiger partial charge in [-0.3, -0.25) is 0 Å². The summed E-state index contributed by atoms with van der Waals surface area (Å²) in [7, 11) is 1.55. The number of fused-ring (bicyclic) bond motifs is 1. The first-order valence-electron chi connectivity index (χ1n) is 4.67. The van der Waals surface area contributed by atoms with E-state index in [0.29, 0.717) is 27.9 Å². The number of nitriles is 1. The first-order chi connectivity index (χ1) is 7.72. The topological polar surface area (TPSA) is 58.2 Å². The van der Waals surface area contributed by atoms with Gasteiger partial charge in [-0.15, -0.1) is 0 Å². The van der Waals surface area contributed by atoms with E-state index in [2.05, 4.69) is 12.6 Å². The van der Waals surface area contributed by atoms with Crippen molar-refractivity contribution in [2.24, 2.45) is 0 Å². The number of ether oxygens (including phenoxy) is 1. The minimum Gasteiger partial charge on any atom is -0.497 e. The molecular weight excluding hydrogens is 204 g/mol. The van der Waals surface area contributed by atoms with Crippen LogP contribution in [0.4, 0.5) is 0 Å². The number of benzene rings is 1. The Balaban J connectivity index is 2.90. The third kappa shape index (κ3) is 1.22. The Hall–Kier alpha value is -2.41. The highest BCUT2D eigenvalue weighted by Crippen LogP contribution is 2.28. The van der Waals surface area contributed by atoms with Crippen LogP contribution in [0.5, 0.6) is 5.75 Å². The van der Waals surface area contributed by atoms with E-state index in [4.69, 9.17) is 10.00 Å². The largest absolute Gasteiger partial charge is 0.497 e. The Labute approximate surface area is 92.6 Å². The highest BCUT2D eigenvalue weighted by atomic mass is 16.5. The standard InChI is InChI=1S/C12H10N2O2/c1-3-11-10(7-13)9-6-8(16-2)4-5-12(9)14(11)15/h3-6,15H,1H2,2H3. The zero-order valence-corrected chi connectivity index (χ0v) is 8.77. The molecular formula is C12H10N2O2. The predicted molar refractivity (Wildman–Crippen MR) is 60.5 cm³/mol. The summed E-state index contributed by atoms with van der Waals surface area (Å²) >= 11 is 0. The summed E-state index contributed by atoms with van der Waals surface area (Å²) in [5.74, 6) is 0.644. The molecule has 0 fully saturated rings. The zero-order chi connectivity index (χ0) is 11.7. The van der Waals surface area contributed by atoms with Crippen molar-refractivity contribution in [1.29, 1.82) is 5.26 Å². The van der Waals surface area contributed by atoms with E-state index in [1.54, 1.807) is 25.3 Å². The number of hydrogen-bond donors (Lipinski definition) is 1. The van der Waals surface area contributed by atoms with Gasteiger partial charge in [0.05, 0.1) is 23.9 Å². The summed E-state index contributed by atoms with van der Waals surface area (Å²) in [5, 5.41) is 19.5. The minimum atomic E-state index is 0.394. The van der Waals surface area contributed by atoms with Gasteiger partial charge in [-0.25, -0.2) is 0 Å². The SMILES string of the molecule is C=Cc1c(C#N)c2cc(OC)ccc2n1O. The Bertz CT molecular complexity index is 605. The molecule has 0 radical (unpaired) electrons. The first-order valence-corrected chi connectivity index (χ1v) is 4.67. The molecule has 2 aromatic rings. The molecule has 0 saturated heterocycles. The maximum atomic E-state index is 9.82. The Morgan fingerprint density at radius 1 is 1.56 bits per heavy atom. The van der Waals surface area contributed by atoms with E-state index in [-0.39, 0.29) is 0 Å². The molecule has 1 N–H and O–H groups in total. The quantitative estimate of drug-likeness (QED) is 0.781. The molecule has 0 spiro atoms. The van der Waals surface area contributed by atoms with Crippen LogP contribution < -0.4 is 4.74 Å². The minimum absolute atomic E-state index is 0.394. The third-order valence-electron chi connectivity index (χ3n) is 2.49. The van der Waals surface area contributed by atoms with Crippen molar-refractivity contribution in [3.8, 4) is 11.8 Å². The van der Waals surface area contributed by atoms with Crippen LogP contribution in [0.15, 0.2) is 24.8 Å². The Morgan fingerprint density at radius 3 is 2.88 bits per heavy atom. The molecule has 0 atom stereocenters. The van der Waals surface area contributed by atoms with Crippen LogP contribution in [-0.2, 0) is 0 Å². The summed E-state index contributed by atoms with van der Waals surface area (Å²) in [6.07, 6.45) is 1.45. The van der Waals surface area contributed by atoms with E-state index in [9.17, 15) is 5.21 Å². The summed E-state index contributed by atoms with van der Waals surface area (Å²) in [6.45, 7) is 3.58. The van der Waals surface area contributed by atoms with Gasteiger partial charge in [0.25, 0.3) is 0 Å². The lowest BCUT2D eigenvalue weighted by atomic mass is 10.1. The molecule has 4 nitrogen and oxygen atoms in total. The molecule has 0 saturated carbocycles. The van der Waals surface area contributed by atoms with Crippen LogP contribution in [0, 0.1) is 11.3 Å². The monoisotopic (exact) mass is 214 g/mol. The second-order valence-corrected chi connectivity index (χ2v) is 3.27. The molecule has 0 bridgehead atoms. The van der Waals surface area contributed by atoms with E-state index in [1.165, 1.54) is 6.08 Å². The fourth-order valence-electron chi connectivity index (χ4n) is 1.71. The molecule has 0 amide bonds. The summed E-state index contributed by atoms with van der Waals surface area (Å²) in [6, 6.07) is 7.19. The van der Waals surface area contributed by atoms with Crippen molar-refractivity contribution in [2.75, 3.05) is 7.11 Å². The van der Waals surface area contributed by atoms with Gasteiger partial charge < -0.3 is 9.94 Å². The Morgan fingerprint density at radius 2 is 2.31 bits per heavy atom. The molecule has 1 aromatic carbocycles. The smallest absolute Gasteiger partial charge is 0.119 e. The van der Waals surface area contributed by atoms with E-state index in [1.807, 2.05) is 0 Å². The van der Waals surface area contributed by atoms with Gasteiger partial charge >= 0.3 is 0 Å². The summed E-state index contributed by atoms with van der Waals surface area (Å²) in [4.78, 5) is 0. The van der Waals surface area contributed by atoms with Gasteiger partial charge in [-0.05, 0) is 24.3 Å². The van der Waals surface area contributed by atoms with Crippen molar-refractivity contribution in [2.45, 2.75) is 0 Å². The lowest BCUT2D eigenvalue weighted by molar-refractivity contribution is 0.198. The molecule has 80 valence electrons. The Kier molecular flexibility index (Phi) is 2.29. The summed E-state index contributed by atoms with van der Waals surface area (Å²) in [5.41, 5.74) is 1.35. The van der Waals surface area contributed by atoms with E-state index < -0.39 is 0 Å². The summed E-state index contributed by atoms with van der Waals surface area (Å²) < 4.78 is 6.04. The van der Waals surface area contributed by atoms with Gasteiger partial charge in [0.2, 0.25) is 0 Å². The molecule has 4 heteroatoms. The predicted octanol–water partition coefficient (Wildman–Crippen LogP) is 2.40. The molecule has 0 aliphatic heterocycles. The zero-order valence-electron chi connectivity index (χ0n) is 8.77. The molecule has 1 aromatic heterocycles. The highest BCUT2D eigenvalue weighted by Gasteiger charge is 2.14. The maximum absolute atomic E-state index is 9.82. The van der Waals surface area contributed by atoms with Crippen molar-refractivity contribution in [3.63, 3.8) is 0 Å². The second-order valence-electron chi connectivity index (χ2n) is 3.27. The molecule has 2 rings (SSSR count). The van der Waals surface area contributed by atoms with Crippen LogP contribution in [0.3, 0.4) is 0 Å². The number of methoxy groups -OCH3 is 1. The van der Waals surface area contributed by atoms with Crippen molar-refractivity contribution in [3.05, 3.63) is 36.0 Å². The van der Waals surface area contributed by atoms with Gasteiger partial charge in [0.1, 0.15) is 11.8 Å². The van der Waals surface area contributed by atoms with Crippen molar-refractivity contribution >= 4 is 17.0 Å². The number of hydrogen-bond acceptors (Lipinski definition) is 3. The lowest BCUT2D eigenvalue weighted by Gasteiger charge is -1.99. The van der Waals surface area contributed by atoms with Crippen molar-refractivity contribution in [1.82, 2.24) is 4.73 Å². The normalized spacial score (nSPS) is 10.0. The van der Waals surface area contributed by atoms with Crippen molar-refractivity contribution < 1.29 is 9.94 Å². The maximum Gasteiger partial charge on any atom is 0.119 e. The van der Waals surface area contributed by atoms with Crippen LogP contribution in [0.1, 0.15) is 11.3 Å². The van der Waals surface area contributed by atoms with E-state index in [0.717, 1.165) is 4.73 Å². The lowest BCUT2D eigenvalue weighted by Crippen LogP contribution is -1.92. The number of aromatic nitrogens is 1. The van der Waals surface area contributed by atoms with Crippen LogP contribution in [-0.4, -0.2) is 17.0 Å². The van der Waals surface area contributed by atoms with Crippen LogP contribution in [0.2, 0.25) is 0 Å². The number of rotatable bonds is 2. The first kappa shape index (κ1) is 10.1. The second kappa shape index (κ2) is 3.63. The fraction of sp³-hybridized carbons (Fsp3) is 0.0833. The van der Waals surface area contributed by atoms with Gasteiger partial charge in [0, 0.05) is 5.39 Å². The number of nitrogens with zero attached hydrogens (tertiary/aromatic N) is 2. The molecule has 0 aliphatic rings. The molecule has 0 aliphatic carbocycles. The third-order valence-corrected chi connectivity index (χ3v) is 2.49. The van der Waals surface area contributed by atoms with Gasteiger partial charge in [0.15, 0.2) is 0 Å². The molecule has 0 unspecified atom stereocenters. The highest BCUT2D eigenvalue weighted by molar-refractivity contribution is 5.91. The average molecular weight is 214 g/mol. The van der Waals surface area contributed by atoms with Crippen LogP contribution >= 0.6 is 0 Å². The molecule has 1 heterocycles.